The van der Waals surface area contributed by atoms with Gasteiger partial charge >= 0.3 is 6.18 Å². The van der Waals surface area contributed by atoms with Crippen LogP contribution in [0.4, 0.5) is 18.9 Å². The largest absolute Gasteiger partial charge is 0.418 e. The number of benzene rings is 1. The number of alkyl halides is 3. The molecule has 2 nitrogen and oxygen atoms in total. The molecule has 110 valence electrons. The van der Waals surface area contributed by atoms with Gasteiger partial charge in [0, 0.05) is 11.1 Å². The molecule has 0 spiro atoms. The van der Waals surface area contributed by atoms with Crippen molar-refractivity contribution in [3.8, 4) is 0 Å². The highest BCUT2D eigenvalue weighted by Crippen LogP contribution is 2.36. The molecule has 0 bridgehead atoms. The molecule has 1 aliphatic rings. The van der Waals surface area contributed by atoms with Gasteiger partial charge in [0.25, 0.3) is 0 Å². The molecule has 2 N–H and O–H groups in total. The Hall–Kier alpha value is -1.01. The molecule has 0 aromatic heterocycles. The van der Waals surface area contributed by atoms with Crippen molar-refractivity contribution in [2.45, 2.75) is 37.9 Å². The molecule has 7 heteroatoms. The van der Waals surface area contributed by atoms with Crippen molar-refractivity contribution in [1.82, 2.24) is 5.32 Å². The Kier molecular flexibility index (Phi) is 4.75. The van der Waals surface area contributed by atoms with E-state index >= 15 is 0 Å². The zero-order chi connectivity index (χ0) is 14.8. The molecule has 1 fully saturated rings. The highest BCUT2D eigenvalue weighted by atomic mass is 35.5. The van der Waals surface area contributed by atoms with Crippen molar-refractivity contribution in [3.63, 3.8) is 0 Å². The van der Waals surface area contributed by atoms with Crippen molar-refractivity contribution in [1.29, 1.82) is 0 Å². The molecule has 0 radical (unpaired) electrons. The maximum absolute atomic E-state index is 12.9. The van der Waals surface area contributed by atoms with Gasteiger partial charge in [-0.15, -0.1) is 0 Å². The maximum atomic E-state index is 12.9. The first-order valence-electron chi connectivity index (χ1n) is 6.30. The average Bonchev–Trinajstić information content (AvgIpc) is 2.82. The standard InChI is InChI=1S/C13H14ClF3N2S/c14-8-5-6-11(10(7-8)13(15,16)17)19-12(20)18-9-3-1-2-4-9/h5-7,9H,1-4H2,(H2,18,19,20). The van der Waals surface area contributed by atoms with Gasteiger partial charge in [-0.2, -0.15) is 13.2 Å². The summed E-state index contributed by atoms with van der Waals surface area (Å²) in [6, 6.07) is 3.82. The summed E-state index contributed by atoms with van der Waals surface area (Å²) < 4.78 is 38.8. The number of halogens is 4. The predicted octanol–water partition coefficient (Wildman–Crippen LogP) is 4.59. The van der Waals surface area contributed by atoms with Gasteiger partial charge in [-0.25, -0.2) is 0 Å². The van der Waals surface area contributed by atoms with Crippen LogP contribution in [0.2, 0.25) is 5.02 Å². The molecule has 1 aliphatic carbocycles. The molecule has 1 saturated carbocycles. The van der Waals surface area contributed by atoms with Crippen LogP contribution < -0.4 is 10.6 Å². The Morgan fingerprint density at radius 2 is 1.90 bits per heavy atom. The number of anilines is 1. The topological polar surface area (TPSA) is 24.1 Å². The first kappa shape index (κ1) is 15.4. The Bertz CT molecular complexity index is 499. The number of rotatable bonds is 2. The third-order valence-electron chi connectivity index (χ3n) is 3.23. The fourth-order valence-electron chi connectivity index (χ4n) is 2.27. The van der Waals surface area contributed by atoms with E-state index in [-0.39, 0.29) is 21.9 Å². The minimum atomic E-state index is -4.48. The van der Waals surface area contributed by atoms with Crippen molar-refractivity contribution >= 4 is 34.6 Å². The van der Waals surface area contributed by atoms with Crippen LogP contribution in [0.25, 0.3) is 0 Å². The molecule has 1 aromatic carbocycles. The van der Waals surface area contributed by atoms with Gasteiger partial charge < -0.3 is 10.6 Å². The second-order valence-electron chi connectivity index (χ2n) is 4.77. The summed E-state index contributed by atoms with van der Waals surface area (Å²) in [7, 11) is 0. The Morgan fingerprint density at radius 3 is 2.50 bits per heavy atom. The molecule has 20 heavy (non-hydrogen) atoms. The molecule has 1 aromatic rings. The second-order valence-corrected chi connectivity index (χ2v) is 5.61. The lowest BCUT2D eigenvalue weighted by Crippen LogP contribution is -2.36. The first-order chi connectivity index (χ1) is 9.36. The summed E-state index contributed by atoms with van der Waals surface area (Å²) in [5.41, 5.74) is -0.905. The summed E-state index contributed by atoms with van der Waals surface area (Å²) in [4.78, 5) is 0. The van der Waals surface area contributed by atoms with Crippen LogP contribution in [0.15, 0.2) is 18.2 Å². The SMILES string of the molecule is FC(F)(F)c1cc(Cl)ccc1NC(=S)NC1CCCC1. The highest BCUT2D eigenvalue weighted by molar-refractivity contribution is 7.80. The Balaban J connectivity index is 2.10. The number of nitrogens with one attached hydrogen (secondary N) is 2. The van der Waals surface area contributed by atoms with E-state index in [0.29, 0.717) is 0 Å². The van der Waals surface area contributed by atoms with Gasteiger partial charge in [0.1, 0.15) is 0 Å². The molecular formula is C13H14ClF3N2S. The monoisotopic (exact) mass is 322 g/mol. The fourth-order valence-corrected chi connectivity index (χ4v) is 2.72. The normalized spacial score (nSPS) is 16.2. The highest BCUT2D eigenvalue weighted by Gasteiger charge is 2.34. The molecule has 0 aliphatic heterocycles. The van der Waals surface area contributed by atoms with Crippen LogP contribution >= 0.6 is 23.8 Å². The van der Waals surface area contributed by atoms with E-state index in [4.69, 9.17) is 23.8 Å². The maximum Gasteiger partial charge on any atom is 0.418 e. The van der Waals surface area contributed by atoms with E-state index in [0.717, 1.165) is 31.7 Å². The summed E-state index contributed by atoms with van der Waals surface area (Å²) in [5, 5.41) is 5.91. The Labute approximate surface area is 125 Å². The third-order valence-corrected chi connectivity index (χ3v) is 3.68. The van der Waals surface area contributed by atoms with Crippen LogP contribution in [0, 0.1) is 0 Å². The molecule has 0 atom stereocenters. The number of hydrogen-bond donors (Lipinski definition) is 2. The van der Waals surface area contributed by atoms with Crippen molar-refractivity contribution < 1.29 is 13.2 Å². The van der Waals surface area contributed by atoms with Gasteiger partial charge in [0.05, 0.1) is 11.3 Å². The predicted molar refractivity (Wildman–Crippen MR) is 78.1 cm³/mol. The van der Waals surface area contributed by atoms with Crippen LogP contribution in [-0.2, 0) is 6.18 Å². The van der Waals surface area contributed by atoms with Gasteiger partial charge in [-0.05, 0) is 43.3 Å². The number of hydrogen-bond acceptors (Lipinski definition) is 1. The van der Waals surface area contributed by atoms with E-state index in [1.165, 1.54) is 12.1 Å². The van der Waals surface area contributed by atoms with Gasteiger partial charge in [0.15, 0.2) is 5.11 Å². The number of thiocarbonyl (C=S) groups is 1. The summed E-state index contributed by atoms with van der Waals surface area (Å²) in [5.74, 6) is 0. The minimum Gasteiger partial charge on any atom is -0.360 e. The minimum absolute atomic E-state index is 0.0394. The van der Waals surface area contributed by atoms with Crippen molar-refractivity contribution in [3.05, 3.63) is 28.8 Å². The summed E-state index contributed by atoms with van der Waals surface area (Å²) in [6.45, 7) is 0. The van der Waals surface area contributed by atoms with Crippen LogP contribution in [0.1, 0.15) is 31.2 Å². The van der Waals surface area contributed by atoms with E-state index in [2.05, 4.69) is 10.6 Å². The van der Waals surface area contributed by atoms with E-state index in [9.17, 15) is 13.2 Å². The second kappa shape index (κ2) is 6.18. The summed E-state index contributed by atoms with van der Waals surface area (Å²) >= 11 is 10.7. The Morgan fingerprint density at radius 1 is 1.25 bits per heavy atom. The fraction of sp³-hybridized carbons (Fsp3) is 0.462. The molecule has 0 saturated heterocycles. The molecule has 0 unspecified atom stereocenters. The average molecular weight is 323 g/mol. The lowest BCUT2D eigenvalue weighted by atomic mass is 10.1. The van der Waals surface area contributed by atoms with Crippen LogP contribution in [0.3, 0.4) is 0 Å². The first-order valence-corrected chi connectivity index (χ1v) is 7.09. The zero-order valence-electron chi connectivity index (χ0n) is 10.6. The van der Waals surface area contributed by atoms with E-state index in [1.807, 2.05) is 0 Å². The van der Waals surface area contributed by atoms with Gasteiger partial charge in [0.2, 0.25) is 0 Å². The lowest BCUT2D eigenvalue weighted by molar-refractivity contribution is -0.136. The van der Waals surface area contributed by atoms with Crippen molar-refractivity contribution in [2.24, 2.45) is 0 Å². The van der Waals surface area contributed by atoms with Gasteiger partial charge in [-0.3, -0.25) is 0 Å². The zero-order valence-corrected chi connectivity index (χ0v) is 12.1. The summed E-state index contributed by atoms with van der Waals surface area (Å²) in [6.07, 6.45) is -0.247. The van der Waals surface area contributed by atoms with E-state index < -0.39 is 11.7 Å². The molecule has 0 amide bonds. The van der Waals surface area contributed by atoms with E-state index in [1.54, 1.807) is 0 Å². The molecule has 0 heterocycles. The quantitative estimate of drug-likeness (QED) is 0.779. The molecular weight excluding hydrogens is 309 g/mol. The molecule has 2 rings (SSSR count). The smallest absolute Gasteiger partial charge is 0.360 e. The van der Waals surface area contributed by atoms with Gasteiger partial charge in [-0.1, -0.05) is 24.4 Å². The lowest BCUT2D eigenvalue weighted by Gasteiger charge is -2.18. The van der Waals surface area contributed by atoms with Crippen LogP contribution in [-0.4, -0.2) is 11.2 Å². The van der Waals surface area contributed by atoms with Crippen molar-refractivity contribution in [2.75, 3.05) is 5.32 Å². The third kappa shape index (κ3) is 3.99. The van der Waals surface area contributed by atoms with Crippen LogP contribution in [0.5, 0.6) is 0 Å².